The number of hydrogen-bond acceptors (Lipinski definition) is 6. The molecule has 0 radical (unpaired) electrons. The predicted molar refractivity (Wildman–Crippen MR) is 142 cm³/mol. The standard InChI is InChI=1S/C28H30F3N7/c1-16(2)19-7-5-6-8-20(19)26-36-24-21(11-12-32-24)25(37-26)34-14-18-9-10-22(33-13-18)27-35-23(28(29,30)31)15-38(27)17(3)4/h5-10,13,15-17H,11-12,14H2,1-4H3,(H2,32,34,36,37). The van der Waals surface area contributed by atoms with Gasteiger partial charge < -0.3 is 15.2 Å². The molecule has 0 bridgehead atoms. The van der Waals surface area contributed by atoms with E-state index in [1.165, 1.54) is 10.1 Å². The second-order valence-corrected chi connectivity index (χ2v) is 10.00. The summed E-state index contributed by atoms with van der Waals surface area (Å²) in [6, 6.07) is 11.5. The Morgan fingerprint density at radius 1 is 1.03 bits per heavy atom. The van der Waals surface area contributed by atoms with Gasteiger partial charge in [-0.2, -0.15) is 13.2 Å². The van der Waals surface area contributed by atoms with Crippen LogP contribution in [0.15, 0.2) is 48.8 Å². The van der Waals surface area contributed by atoms with Gasteiger partial charge in [-0.1, -0.05) is 44.2 Å². The number of alkyl halides is 3. The Morgan fingerprint density at radius 3 is 2.50 bits per heavy atom. The maximum Gasteiger partial charge on any atom is 0.434 e. The van der Waals surface area contributed by atoms with Crippen LogP contribution in [0, 0.1) is 0 Å². The molecule has 0 saturated carbocycles. The number of hydrogen-bond donors (Lipinski definition) is 2. The highest BCUT2D eigenvalue weighted by Gasteiger charge is 2.35. The first-order chi connectivity index (χ1) is 18.1. The first kappa shape index (κ1) is 25.7. The predicted octanol–water partition coefficient (Wildman–Crippen LogP) is 6.71. The molecule has 10 heteroatoms. The average molecular weight is 522 g/mol. The fraction of sp³-hybridized carbons (Fsp3) is 0.357. The normalized spacial score (nSPS) is 13.2. The fourth-order valence-corrected chi connectivity index (χ4v) is 4.60. The van der Waals surface area contributed by atoms with E-state index in [1.807, 2.05) is 38.1 Å². The fourth-order valence-electron chi connectivity index (χ4n) is 4.60. The van der Waals surface area contributed by atoms with E-state index in [9.17, 15) is 13.2 Å². The number of fused-ring (bicyclic) bond motifs is 1. The Balaban J connectivity index is 1.40. The number of pyridine rings is 1. The molecular formula is C28H30F3N7. The van der Waals surface area contributed by atoms with Gasteiger partial charge in [-0.15, -0.1) is 0 Å². The Bertz CT molecular complexity index is 1440. The lowest BCUT2D eigenvalue weighted by molar-refractivity contribution is -0.140. The second kappa shape index (κ2) is 10.1. The van der Waals surface area contributed by atoms with Gasteiger partial charge >= 0.3 is 6.18 Å². The van der Waals surface area contributed by atoms with Gasteiger partial charge in [0, 0.05) is 42.7 Å². The second-order valence-electron chi connectivity index (χ2n) is 10.00. The number of aromatic nitrogens is 5. The van der Waals surface area contributed by atoms with Crippen molar-refractivity contribution in [2.75, 3.05) is 17.2 Å². The Kier molecular flexibility index (Phi) is 6.81. The smallest absolute Gasteiger partial charge is 0.369 e. The van der Waals surface area contributed by atoms with E-state index in [-0.39, 0.29) is 11.9 Å². The monoisotopic (exact) mass is 521 g/mol. The van der Waals surface area contributed by atoms with E-state index < -0.39 is 11.9 Å². The van der Waals surface area contributed by atoms with Crippen molar-refractivity contribution in [1.29, 1.82) is 0 Å². The highest BCUT2D eigenvalue weighted by atomic mass is 19.4. The van der Waals surface area contributed by atoms with Crippen LogP contribution in [-0.4, -0.2) is 31.0 Å². The lowest BCUT2D eigenvalue weighted by atomic mass is 9.97. The van der Waals surface area contributed by atoms with E-state index in [4.69, 9.17) is 9.97 Å². The van der Waals surface area contributed by atoms with Crippen LogP contribution in [0.4, 0.5) is 24.8 Å². The molecule has 7 nitrogen and oxygen atoms in total. The highest BCUT2D eigenvalue weighted by Crippen LogP contribution is 2.34. The molecule has 5 rings (SSSR count). The van der Waals surface area contributed by atoms with Gasteiger partial charge in [0.2, 0.25) is 0 Å². The zero-order chi connectivity index (χ0) is 27.0. The molecule has 38 heavy (non-hydrogen) atoms. The van der Waals surface area contributed by atoms with Gasteiger partial charge in [-0.05, 0) is 43.4 Å². The van der Waals surface area contributed by atoms with Crippen LogP contribution >= 0.6 is 0 Å². The summed E-state index contributed by atoms with van der Waals surface area (Å²) in [5.41, 5.74) is 3.57. The minimum absolute atomic E-state index is 0.194. The minimum atomic E-state index is -4.51. The molecule has 3 aromatic heterocycles. The van der Waals surface area contributed by atoms with E-state index >= 15 is 0 Å². The van der Waals surface area contributed by atoms with Crippen molar-refractivity contribution >= 4 is 11.6 Å². The Morgan fingerprint density at radius 2 is 1.82 bits per heavy atom. The van der Waals surface area contributed by atoms with Gasteiger partial charge in [0.15, 0.2) is 17.3 Å². The van der Waals surface area contributed by atoms with Crippen LogP contribution in [-0.2, 0) is 19.1 Å². The molecule has 4 aromatic rings. The zero-order valence-corrected chi connectivity index (χ0v) is 21.8. The molecular weight excluding hydrogens is 491 g/mol. The number of anilines is 2. The largest absolute Gasteiger partial charge is 0.434 e. The summed E-state index contributed by atoms with van der Waals surface area (Å²) in [5, 5.41) is 6.79. The summed E-state index contributed by atoms with van der Waals surface area (Å²) in [6.07, 6.45) is -1.00. The van der Waals surface area contributed by atoms with Crippen molar-refractivity contribution in [3.63, 3.8) is 0 Å². The summed E-state index contributed by atoms with van der Waals surface area (Å²) in [6.45, 7) is 9.18. The number of benzene rings is 1. The molecule has 0 spiro atoms. The van der Waals surface area contributed by atoms with Crippen molar-refractivity contribution in [3.05, 3.63) is 71.2 Å². The van der Waals surface area contributed by atoms with Crippen molar-refractivity contribution in [2.45, 2.75) is 58.8 Å². The molecule has 1 aliphatic heterocycles. The van der Waals surface area contributed by atoms with E-state index in [0.29, 0.717) is 24.0 Å². The van der Waals surface area contributed by atoms with Gasteiger partial charge in [0.05, 0.1) is 0 Å². The van der Waals surface area contributed by atoms with Gasteiger partial charge in [0.1, 0.15) is 17.3 Å². The van der Waals surface area contributed by atoms with Crippen LogP contribution in [0.2, 0.25) is 0 Å². The Labute approximate surface area is 219 Å². The molecule has 0 amide bonds. The van der Waals surface area contributed by atoms with Crippen LogP contribution in [0.25, 0.3) is 22.9 Å². The van der Waals surface area contributed by atoms with Crippen LogP contribution in [0.5, 0.6) is 0 Å². The maximum atomic E-state index is 13.3. The summed E-state index contributed by atoms with van der Waals surface area (Å²) in [5.74, 6) is 2.79. The number of imidazole rings is 1. The topological polar surface area (TPSA) is 80.6 Å². The van der Waals surface area contributed by atoms with Crippen molar-refractivity contribution in [2.24, 2.45) is 0 Å². The summed E-state index contributed by atoms with van der Waals surface area (Å²) in [4.78, 5) is 18.0. The number of rotatable bonds is 7. The molecule has 2 N–H and O–H groups in total. The van der Waals surface area contributed by atoms with E-state index in [0.717, 1.165) is 47.5 Å². The van der Waals surface area contributed by atoms with Crippen molar-refractivity contribution < 1.29 is 13.2 Å². The summed E-state index contributed by atoms with van der Waals surface area (Å²) < 4.78 is 41.3. The van der Waals surface area contributed by atoms with Crippen molar-refractivity contribution in [1.82, 2.24) is 24.5 Å². The molecule has 1 aromatic carbocycles. The molecule has 4 heterocycles. The molecule has 0 saturated heterocycles. The number of halogens is 3. The Hall–Kier alpha value is -3.95. The van der Waals surface area contributed by atoms with Gasteiger partial charge in [-0.3, -0.25) is 4.98 Å². The third-order valence-corrected chi connectivity index (χ3v) is 6.59. The molecule has 0 fully saturated rings. The quantitative estimate of drug-likeness (QED) is 0.282. The molecule has 1 aliphatic rings. The molecule has 198 valence electrons. The third-order valence-electron chi connectivity index (χ3n) is 6.59. The molecule has 0 atom stereocenters. The first-order valence-electron chi connectivity index (χ1n) is 12.7. The zero-order valence-electron chi connectivity index (χ0n) is 21.8. The summed E-state index contributed by atoms with van der Waals surface area (Å²) in [7, 11) is 0. The number of nitrogens with one attached hydrogen (secondary N) is 2. The van der Waals surface area contributed by atoms with Crippen LogP contribution in [0.1, 0.15) is 62.0 Å². The minimum Gasteiger partial charge on any atom is -0.369 e. The lowest BCUT2D eigenvalue weighted by Crippen LogP contribution is -2.08. The number of nitrogens with zero attached hydrogens (tertiary/aromatic N) is 5. The SMILES string of the molecule is CC(C)c1ccccc1-c1nc2c(c(NCc3ccc(-c4nc(C(F)(F)F)cn4C(C)C)nc3)n1)CCN2. The molecule has 0 unspecified atom stereocenters. The maximum absolute atomic E-state index is 13.3. The third kappa shape index (κ3) is 5.07. The van der Waals surface area contributed by atoms with E-state index in [1.54, 1.807) is 12.3 Å². The summed E-state index contributed by atoms with van der Waals surface area (Å²) >= 11 is 0. The van der Waals surface area contributed by atoms with Crippen LogP contribution in [0.3, 0.4) is 0 Å². The van der Waals surface area contributed by atoms with Crippen LogP contribution < -0.4 is 10.6 Å². The van der Waals surface area contributed by atoms with Gasteiger partial charge in [-0.25, -0.2) is 15.0 Å². The van der Waals surface area contributed by atoms with Crippen molar-refractivity contribution in [3.8, 4) is 22.9 Å². The lowest BCUT2D eigenvalue weighted by Gasteiger charge is -2.15. The average Bonchev–Trinajstić information content (AvgIpc) is 3.55. The highest BCUT2D eigenvalue weighted by molar-refractivity contribution is 5.70. The van der Waals surface area contributed by atoms with E-state index in [2.05, 4.69) is 40.5 Å². The molecule has 0 aliphatic carbocycles. The first-order valence-corrected chi connectivity index (χ1v) is 12.7. The van der Waals surface area contributed by atoms with Gasteiger partial charge in [0.25, 0.3) is 0 Å².